The SMILES string of the molecule is CC1(C)[C@@H](CC(=O)N2CC[C@H](c3ccccc3)[C@H]2C(N)=O)C[C@@H]1c1cc(-c2cccnc2)nn1-c1ccc(Cl)c(Cl)c1. The normalized spacial score (nSPS) is 23.0. The average molecular weight is 603 g/mol. The minimum atomic E-state index is -0.628. The van der Waals surface area contributed by atoms with E-state index in [-0.39, 0.29) is 29.1 Å². The van der Waals surface area contributed by atoms with E-state index in [1.807, 2.05) is 59.3 Å². The maximum absolute atomic E-state index is 13.7. The molecule has 2 fully saturated rings. The van der Waals surface area contributed by atoms with Gasteiger partial charge in [-0.05, 0) is 66.1 Å². The Kier molecular flexibility index (Phi) is 7.58. The topological polar surface area (TPSA) is 94.1 Å². The van der Waals surface area contributed by atoms with Gasteiger partial charge in [0.2, 0.25) is 11.8 Å². The number of carbonyl (C=O) groups excluding carboxylic acids is 2. The molecule has 216 valence electrons. The van der Waals surface area contributed by atoms with Crippen LogP contribution in [0.2, 0.25) is 10.0 Å². The lowest BCUT2D eigenvalue weighted by atomic mass is 9.52. The van der Waals surface area contributed by atoms with Gasteiger partial charge in [-0.15, -0.1) is 0 Å². The molecule has 0 radical (unpaired) electrons. The number of likely N-dealkylation sites (tertiary alicyclic amines) is 1. The fourth-order valence-corrected chi connectivity index (χ4v) is 7.08. The zero-order chi connectivity index (χ0) is 29.6. The molecule has 1 aliphatic heterocycles. The molecule has 1 saturated carbocycles. The van der Waals surface area contributed by atoms with Crippen LogP contribution in [0, 0.1) is 11.3 Å². The summed E-state index contributed by atoms with van der Waals surface area (Å²) in [6, 6.07) is 20.7. The molecule has 2 aromatic carbocycles. The number of nitrogens with zero attached hydrogens (tertiary/aromatic N) is 4. The summed E-state index contributed by atoms with van der Waals surface area (Å²) < 4.78 is 1.93. The maximum Gasteiger partial charge on any atom is 0.240 e. The van der Waals surface area contributed by atoms with Crippen molar-refractivity contribution in [2.45, 2.75) is 51.0 Å². The number of benzene rings is 2. The van der Waals surface area contributed by atoms with Gasteiger partial charge in [0, 0.05) is 48.5 Å². The van der Waals surface area contributed by atoms with Crippen LogP contribution in [0.1, 0.15) is 56.2 Å². The first-order valence-electron chi connectivity index (χ1n) is 14.2. The smallest absolute Gasteiger partial charge is 0.240 e. The molecule has 0 unspecified atom stereocenters. The summed E-state index contributed by atoms with van der Waals surface area (Å²) in [6.45, 7) is 4.94. The van der Waals surface area contributed by atoms with Gasteiger partial charge in [0.05, 0.1) is 21.4 Å². The van der Waals surface area contributed by atoms with Crippen LogP contribution in [0.15, 0.2) is 79.1 Å². The number of aromatic nitrogens is 3. The Morgan fingerprint density at radius 3 is 2.48 bits per heavy atom. The zero-order valence-corrected chi connectivity index (χ0v) is 25.1. The van der Waals surface area contributed by atoms with E-state index in [9.17, 15) is 9.59 Å². The third-order valence-electron chi connectivity index (χ3n) is 9.33. The van der Waals surface area contributed by atoms with Crippen LogP contribution in [0.5, 0.6) is 0 Å². The molecule has 2 aliphatic rings. The highest BCUT2D eigenvalue weighted by Gasteiger charge is 2.52. The number of hydrogen-bond donors (Lipinski definition) is 1. The monoisotopic (exact) mass is 601 g/mol. The van der Waals surface area contributed by atoms with Crippen LogP contribution < -0.4 is 5.73 Å². The lowest BCUT2D eigenvalue weighted by Gasteiger charge is -2.52. The summed E-state index contributed by atoms with van der Waals surface area (Å²) >= 11 is 12.6. The molecule has 2 amide bonds. The summed E-state index contributed by atoms with van der Waals surface area (Å²) in [5, 5.41) is 5.89. The van der Waals surface area contributed by atoms with E-state index >= 15 is 0 Å². The molecule has 3 heterocycles. The predicted molar refractivity (Wildman–Crippen MR) is 165 cm³/mol. The van der Waals surface area contributed by atoms with Gasteiger partial charge in [-0.1, -0.05) is 67.4 Å². The second-order valence-corrected chi connectivity index (χ2v) is 12.8. The molecule has 2 aromatic heterocycles. The minimum Gasteiger partial charge on any atom is -0.368 e. The van der Waals surface area contributed by atoms with Crippen LogP contribution in [-0.2, 0) is 9.59 Å². The molecule has 2 N–H and O–H groups in total. The molecule has 4 atom stereocenters. The van der Waals surface area contributed by atoms with E-state index in [2.05, 4.69) is 24.9 Å². The lowest BCUT2D eigenvalue weighted by Crippen LogP contribution is -2.50. The third-order valence-corrected chi connectivity index (χ3v) is 10.1. The van der Waals surface area contributed by atoms with Crippen molar-refractivity contribution in [3.63, 3.8) is 0 Å². The van der Waals surface area contributed by atoms with Crippen molar-refractivity contribution in [2.24, 2.45) is 17.1 Å². The fourth-order valence-electron chi connectivity index (χ4n) is 6.79. The lowest BCUT2D eigenvalue weighted by molar-refractivity contribution is -0.141. The number of rotatable bonds is 7. The highest BCUT2D eigenvalue weighted by molar-refractivity contribution is 6.42. The summed E-state index contributed by atoms with van der Waals surface area (Å²) in [5.74, 6) is -0.262. The molecule has 0 bridgehead atoms. The molecule has 42 heavy (non-hydrogen) atoms. The number of amides is 2. The van der Waals surface area contributed by atoms with Crippen LogP contribution in [0.25, 0.3) is 16.9 Å². The van der Waals surface area contributed by atoms with E-state index in [0.717, 1.165) is 41.0 Å². The molecule has 9 heteroatoms. The van der Waals surface area contributed by atoms with Gasteiger partial charge in [-0.2, -0.15) is 5.10 Å². The van der Waals surface area contributed by atoms with Crippen LogP contribution in [-0.4, -0.2) is 44.1 Å². The van der Waals surface area contributed by atoms with Crippen LogP contribution in [0.4, 0.5) is 0 Å². The van der Waals surface area contributed by atoms with Gasteiger partial charge in [-0.3, -0.25) is 14.6 Å². The second kappa shape index (κ2) is 11.2. The Morgan fingerprint density at radius 1 is 1.02 bits per heavy atom. The summed E-state index contributed by atoms with van der Waals surface area (Å²) in [6.07, 6.45) is 5.44. The largest absolute Gasteiger partial charge is 0.368 e. The van der Waals surface area contributed by atoms with Gasteiger partial charge < -0.3 is 10.6 Å². The maximum atomic E-state index is 13.7. The van der Waals surface area contributed by atoms with Crippen molar-refractivity contribution >= 4 is 35.0 Å². The number of pyridine rings is 1. The van der Waals surface area contributed by atoms with Crippen molar-refractivity contribution in [3.8, 4) is 16.9 Å². The standard InChI is InChI=1S/C33H33Cl2N5O2/c1-33(2)22(16-30(41)39-14-12-24(31(39)32(36)42)20-7-4-3-5-8-20)15-25(33)29-18-28(21-9-6-13-37-19-21)38-40(29)23-10-11-26(34)27(35)17-23/h3-11,13,17-19,22,24-25,31H,12,14-16H2,1-2H3,(H2,36,42)/t22-,24-,25-,31+/m1/s1. The minimum absolute atomic E-state index is 0.0113. The van der Waals surface area contributed by atoms with E-state index in [4.69, 9.17) is 34.0 Å². The Labute approximate surface area is 255 Å². The van der Waals surface area contributed by atoms with Crippen molar-refractivity contribution in [3.05, 3.63) is 100 Å². The third kappa shape index (κ3) is 5.09. The average Bonchev–Trinajstić information content (AvgIpc) is 3.63. The van der Waals surface area contributed by atoms with E-state index in [1.165, 1.54) is 0 Å². The first-order valence-corrected chi connectivity index (χ1v) is 15.0. The second-order valence-electron chi connectivity index (χ2n) is 12.0. The summed E-state index contributed by atoms with van der Waals surface area (Å²) in [7, 11) is 0. The number of nitrogens with two attached hydrogens (primary N) is 1. The highest BCUT2D eigenvalue weighted by atomic mass is 35.5. The molecule has 1 aliphatic carbocycles. The van der Waals surface area contributed by atoms with Gasteiger partial charge in [0.1, 0.15) is 6.04 Å². The van der Waals surface area contributed by atoms with Gasteiger partial charge in [-0.25, -0.2) is 4.68 Å². The Morgan fingerprint density at radius 2 is 1.81 bits per heavy atom. The first kappa shape index (κ1) is 28.4. The Hall–Kier alpha value is -3.68. The number of carbonyl (C=O) groups is 2. The molecular formula is C33H33Cl2N5O2. The Bertz CT molecular complexity index is 1620. The van der Waals surface area contributed by atoms with Crippen molar-refractivity contribution in [1.29, 1.82) is 0 Å². The first-order chi connectivity index (χ1) is 20.1. The van der Waals surface area contributed by atoms with Crippen molar-refractivity contribution < 1.29 is 9.59 Å². The van der Waals surface area contributed by atoms with Gasteiger partial charge >= 0.3 is 0 Å². The quantitative estimate of drug-likeness (QED) is 0.257. The molecular weight excluding hydrogens is 569 g/mol. The Balaban J connectivity index is 1.25. The van der Waals surface area contributed by atoms with E-state index < -0.39 is 11.9 Å². The highest BCUT2D eigenvalue weighted by Crippen LogP contribution is 2.59. The van der Waals surface area contributed by atoms with Crippen molar-refractivity contribution in [2.75, 3.05) is 6.54 Å². The van der Waals surface area contributed by atoms with E-state index in [0.29, 0.717) is 23.0 Å². The summed E-state index contributed by atoms with van der Waals surface area (Å²) in [5.41, 5.74) is 10.3. The number of primary amides is 1. The van der Waals surface area contributed by atoms with Gasteiger partial charge in [0.25, 0.3) is 0 Å². The van der Waals surface area contributed by atoms with E-state index in [1.54, 1.807) is 23.4 Å². The van der Waals surface area contributed by atoms with Crippen LogP contribution >= 0.6 is 23.2 Å². The molecule has 1 saturated heterocycles. The number of halogens is 2. The van der Waals surface area contributed by atoms with Crippen molar-refractivity contribution in [1.82, 2.24) is 19.7 Å². The summed E-state index contributed by atoms with van der Waals surface area (Å²) in [4.78, 5) is 32.2. The fraction of sp³-hybridized carbons (Fsp3) is 0.333. The molecule has 6 rings (SSSR count). The predicted octanol–water partition coefficient (Wildman–Crippen LogP) is 6.63. The van der Waals surface area contributed by atoms with Crippen LogP contribution in [0.3, 0.4) is 0 Å². The molecule has 4 aromatic rings. The van der Waals surface area contributed by atoms with Gasteiger partial charge in [0.15, 0.2) is 0 Å². The molecule has 0 spiro atoms. The molecule has 7 nitrogen and oxygen atoms in total. The number of hydrogen-bond acceptors (Lipinski definition) is 4. The zero-order valence-electron chi connectivity index (χ0n) is 23.6.